The van der Waals surface area contributed by atoms with Gasteiger partial charge in [0, 0.05) is 11.8 Å². The first-order chi connectivity index (χ1) is 14.1. The summed E-state index contributed by atoms with van der Waals surface area (Å²) in [5, 5.41) is 6.72. The molecule has 3 rings (SSSR count). The van der Waals surface area contributed by atoms with Crippen molar-refractivity contribution in [1.82, 2.24) is 14.9 Å². The Labute approximate surface area is 179 Å². The summed E-state index contributed by atoms with van der Waals surface area (Å²) in [6.07, 6.45) is 0. The highest BCUT2D eigenvalue weighted by molar-refractivity contribution is 7.89. The molecule has 0 bridgehead atoms. The molecule has 1 atom stereocenters. The second-order valence-corrected chi connectivity index (χ2v) is 10.3. The number of aromatic nitrogens is 2. The number of hydrogen-bond acceptors (Lipinski definition) is 7. The fraction of sp³-hybridized carbons (Fsp3) is 0.350. The van der Waals surface area contributed by atoms with E-state index in [0.717, 1.165) is 15.3 Å². The van der Waals surface area contributed by atoms with E-state index in [2.05, 4.69) is 20.2 Å². The van der Waals surface area contributed by atoms with Crippen molar-refractivity contribution in [2.75, 3.05) is 5.32 Å². The van der Waals surface area contributed by atoms with E-state index in [1.54, 1.807) is 39.0 Å². The highest BCUT2D eigenvalue weighted by Gasteiger charge is 2.29. The summed E-state index contributed by atoms with van der Waals surface area (Å²) in [7, 11) is -3.84. The van der Waals surface area contributed by atoms with E-state index in [9.17, 15) is 13.2 Å². The zero-order valence-electron chi connectivity index (χ0n) is 17.4. The lowest BCUT2D eigenvalue weighted by molar-refractivity contribution is -0.118. The van der Waals surface area contributed by atoms with Gasteiger partial charge in [-0.3, -0.25) is 4.79 Å². The van der Waals surface area contributed by atoms with Gasteiger partial charge in [-0.05, 0) is 38.0 Å². The Hall–Kier alpha value is -2.56. The fourth-order valence-corrected chi connectivity index (χ4v) is 5.02. The third-order valence-corrected chi connectivity index (χ3v) is 6.99. The molecule has 0 aliphatic rings. The SMILES string of the molecule is Cc1ccc(S(=O)(=O)N[C@@H](C(=O)Nc2cc(-c3noc(C)n3)sc2C)C(C)C)cc1. The van der Waals surface area contributed by atoms with Gasteiger partial charge < -0.3 is 9.84 Å². The Kier molecular flexibility index (Phi) is 6.39. The van der Waals surface area contributed by atoms with Gasteiger partial charge in [0.05, 0.1) is 15.5 Å². The molecular formula is C20H24N4O4S2. The summed E-state index contributed by atoms with van der Waals surface area (Å²) in [5.41, 5.74) is 1.54. The minimum absolute atomic E-state index is 0.119. The normalized spacial score (nSPS) is 12.9. The Morgan fingerprint density at radius 1 is 1.13 bits per heavy atom. The number of benzene rings is 1. The average Bonchev–Trinajstić information content (AvgIpc) is 3.26. The summed E-state index contributed by atoms with van der Waals surface area (Å²) in [5.74, 6) is 0.203. The van der Waals surface area contributed by atoms with Gasteiger partial charge >= 0.3 is 0 Å². The predicted molar refractivity (Wildman–Crippen MR) is 116 cm³/mol. The maximum atomic E-state index is 12.9. The molecule has 2 aromatic heterocycles. The number of hydrogen-bond donors (Lipinski definition) is 2. The predicted octanol–water partition coefficient (Wildman–Crippen LogP) is 3.66. The average molecular weight is 449 g/mol. The zero-order valence-corrected chi connectivity index (χ0v) is 19.0. The lowest BCUT2D eigenvalue weighted by Gasteiger charge is -2.21. The van der Waals surface area contributed by atoms with Gasteiger partial charge in [-0.15, -0.1) is 11.3 Å². The topological polar surface area (TPSA) is 114 Å². The van der Waals surface area contributed by atoms with Gasteiger partial charge in [-0.25, -0.2) is 8.42 Å². The number of nitrogens with one attached hydrogen (secondary N) is 2. The van der Waals surface area contributed by atoms with Crippen molar-refractivity contribution < 1.29 is 17.7 Å². The van der Waals surface area contributed by atoms with E-state index < -0.39 is 22.0 Å². The molecule has 2 N–H and O–H groups in total. The largest absolute Gasteiger partial charge is 0.339 e. The third-order valence-electron chi connectivity index (χ3n) is 4.49. The molecule has 0 radical (unpaired) electrons. The van der Waals surface area contributed by atoms with Crippen LogP contribution in [0.5, 0.6) is 0 Å². The molecule has 2 heterocycles. The molecule has 0 aliphatic heterocycles. The van der Waals surface area contributed by atoms with Gasteiger partial charge in [0.25, 0.3) is 0 Å². The Morgan fingerprint density at radius 3 is 2.37 bits per heavy atom. The first-order valence-electron chi connectivity index (χ1n) is 9.38. The van der Waals surface area contributed by atoms with Crippen LogP contribution in [0.15, 0.2) is 39.8 Å². The van der Waals surface area contributed by atoms with Crippen LogP contribution in [0.4, 0.5) is 5.69 Å². The first-order valence-corrected chi connectivity index (χ1v) is 11.7. The zero-order chi connectivity index (χ0) is 22.1. The fourth-order valence-electron chi connectivity index (χ4n) is 2.77. The van der Waals surface area contributed by atoms with Crippen molar-refractivity contribution in [2.45, 2.75) is 45.6 Å². The third kappa shape index (κ3) is 4.94. The van der Waals surface area contributed by atoms with Crippen LogP contribution in [0.1, 0.15) is 30.2 Å². The van der Waals surface area contributed by atoms with E-state index in [1.165, 1.54) is 23.5 Å². The Balaban J connectivity index is 1.79. The minimum atomic E-state index is -3.84. The van der Waals surface area contributed by atoms with Crippen molar-refractivity contribution >= 4 is 33.0 Å². The standard InChI is InChI=1S/C20H24N4O4S2/c1-11(2)18(24-30(26,27)15-8-6-12(3)7-9-15)20(25)22-16-10-17(29-13(16)4)19-21-14(5)28-23-19/h6-11,18,24H,1-5H3,(H,22,25)/t18-/m1/s1. The van der Waals surface area contributed by atoms with Crippen LogP contribution >= 0.6 is 11.3 Å². The van der Waals surface area contributed by atoms with Gasteiger partial charge in [0.15, 0.2) is 0 Å². The monoisotopic (exact) mass is 448 g/mol. The lowest BCUT2D eigenvalue weighted by atomic mass is 10.0. The summed E-state index contributed by atoms with van der Waals surface area (Å²) in [4.78, 5) is 18.9. The highest BCUT2D eigenvalue weighted by Crippen LogP contribution is 2.33. The molecule has 0 saturated carbocycles. The number of aryl methyl sites for hydroxylation is 3. The maximum Gasteiger partial charge on any atom is 0.242 e. The quantitative estimate of drug-likeness (QED) is 0.570. The van der Waals surface area contributed by atoms with E-state index in [0.29, 0.717) is 17.4 Å². The van der Waals surface area contributed by atoms with E-state index >= 15 is 0 Å². The molecule has 30 heavy (non-hydrogen) atoms. The van der Waals surface area contributed by atoms with Crippen molar-refractivity contribution in [3.8, 4) is 10.7 Å². The molecular weight excluding hydrogens is 424 g/mol. The van der Waals surface area contributed by atoms with Crippen LogP contribution in [0.25, 0.3) is 10.7 Å². The van der Waals surface area contributed by atoms with Crippen LogP contribution in [-0.4, -0.2) is 30.5 Å². The summed E-state index contributed by atoms with van der Waals surface area (Å²) in [6.45, 7) is 9.01. The molecule has 3 aromatic rings. The van der Waals surface area contributed by atoms with Gasteiger partial charge in [-0.2, -0.15) is 9.71 Å². The first kappa shape index (κ1) is 22.1. The smallest absolute Gasteiger partial charge is 0.242 e. The Bertz CT molecular complexity index is 1150. The van der Waals surface area contributed by atoms with Crippen LogP contribution in [-0.2, 0) is 14.8 Å². The summed E-state index contributed by atoms with van der Waals surface area (Å²) < 4.78 is 33.1. The van der Waals surface area contributed by atoms with Crippen LogP contribution in [0, 0.1) is 26.7 Å². The van der Waals surface area contributed by atoms with Crippen LogP contribution in [0.2, 0.25) is 0 Å². The number of carbonyl (C=O) groups is 1. The lowest BCUT2D eigenvalue weighted by Crippen LogP contribution is -2.47. The molecule has 0 saturated heterocycles. The molecule has 8 nitrogen and oxygen atoms in total. The van der Waals surface area contributed by atoms with Crippen molar-refractivity contribution in [1.29, 1.82) is 0 Å². The molecule has 0 aliphatic carbocycles. The van der Waals surface area contributed by atoms with Crippen molar-refractivity contribution in [3.63, 3.8) is 0 Å². The Morgan fingerprint density at radius 2 is 1.80 bits per heavy atom. The molecule has 1 aromatic carbocycles. The number of sulfonamides is 1. The second kappa shape index (κ2) is 8.66. The molecule has 0 fully saturated rings. The summed E-state index contributed by atoms with van der Waals surface area (Å²) >= 11 is 1.42. The van der Waals surface area contributed by atoms with Gasteiger partial charge in [0.2, 0.25) is 27.6 Å². The van der Waals surface area contributed by atoms with Gasteiger partial charge in [0.1, 0.15) is 6.04 Å². The molecule has 160 valence electrons. The molecule has 10 heteroatoms. The number of amides is 1. The van der Waals surface area contributed by atoms with Crippen LogP contribution in [0.3, 0.4) is 0 Å². The molecule has 1 amide bonds. The van der Waals surface area contributed by atoms with Crippen LogP contribution < -0.4 is 10.0 Å². The van der Waals surface area contributed by atoms with Crippen molar-refractivity contribution in [3.05, 3.63) is 46.7 Å². The molecule has 0 unspecified atom stereocenters. The number of nitrogens with zero attached hydrogens (tertiary/aromatic N) is 2. The number of rotatable bonds is 7. The minimum Gasteiger partial charge on any atom is -0.339 e. The number of carbonyl (C=O) groups excluding carboxylic acids is 1. The number of anilines is 1. The second-order valence-electron chi connectivity index (χ2n) is 7.36. The van der Waals surface area contributed by atoms with E-state index in [1.807, 2.05) is 13.8 Å². The maximum absolute atomic E-state index is 12.9. The van der Waals surface area contributed by atoms with Gasteiger partial charge in [-0.1, -0.05) is 36.7 Å². The van der Waals surface area contributed by atoms with Crippen molar-refractivity contribution in [2.24, 2.45) is 5.92 Å². The molecule has 0 spiro atoms. The number of thiophene rings is 1. The van der Waals surface area contributed by atoms with E-state index in [-0.39, 0.29) is 10.8 Å². The van der Waals surface area contributed by atoms with E-state index in [4.69, 9.17) is 4.52 Å². The summed E-state index contributed by atoms with van der Waals surface area (Å²) in [6, 6.07) is 7.30. The highest BCUT2D eigenvalue weighted by atomic mass is 32.2.